The lowest BCUT2D eigenvalue weighted by atomic mass is 10.5. The van der Waals surface area contributed by atoms with Crippen molar-refractivity contribution < 1.29 is 5.11 Å². The number of thiazole rings is 1. The third-order valence-electron chi connectivity index (χ3n) is 0.747. The van der Waals surface area contributed by atoms with Gasteiger partial charge in [0.1, 0.15) is 4.93 Å². The molecule has 0 fully saturated rings. The molecule has 0 aliphatic carbocycles. The van der Waals surface area contributed by atoms with E-state index in [0.717, 1.165) is 4.34 Å². The zero-order chi connectivity index (χ0) is 7.61. The first-order valence-corrected chi connectivity index (χ1v) is 4.58. The fourth-order valence-electron chi connectivity index (χ4n) is 0.474. The molecule has 1 aromatic rings. The Morgan fingerprint density at radius 1 is 1.70 bits per heavy atom. The van der Waals surface area contributed by atoms with Crippen LogP contribution in [0.15, 0.2) is 15.9 Å². The predicted molar refractivity (Wildman–Crippen MR) is 44.3 cm³/mol. The van der Waals surface area contributed by atoms with Crippen molar-refractivity contribution >= 4 is 23.1 Å². The molecule has 0 aromatic carbocycles. The Morgan fingerprint density at radius 2 is 2.40 bits per heavy atom. The van der Waals surface area contributed by atoms with Gasteiger partial charge in [0.05, 0.1) is 0 Å². The molecule has 4 heteroatoms. The van der Waals surface area contributed by atoms with E-state index in [9.17, 15) is 5.11 Å². The van der Waals surface area contributed by atoms with E-state index < -0.39 is 4.93 Å². The molecular weight excluding hydrogens is 166 g/mol. The van der Waals surface area contributed by atoms with Gasteiger partial charge in [0, 0.05) is 11.6 Å². The number of aromatic nitrogens is 1. The van der Waals surface area contributed by atoms with Crippen LogP contribution in [0.3, 0.4) is 0 Å². The molecule has 0 amide bonds. The van der Waals surface area contributed by atoms with Crippen LogP contribution >= 0.6 is 23.1 Å². The first-order valence-electron chi connectivity index (χ1n) is 2.89. The molecular formula is C6H9NOS2. The predicted octanol–water partition coefficient (Wildman–Crippen LogP) is 1.96. The summed E-state index contributed by atoms with van der Waals surface area (Å²) in [4.78, 5) is 3.31. The maximum absolute atomic E-state index is 9.32. The second-order valence-electron chi connectivity index (χ2n) is 2.35. The van der Waals surface area contributed by atoms with Crippen LogP contribution in [-0.2, 0) is 0 Å². The normalized spacial score (nSPS) is 11.9. The van der Waals surface area contributed by atoms with Gasteiger partial charge in [-0.1, -0.05) is 11.8 Å². The van der Waals surface area contributed by atoms with Gasteiger partial charge < -0.3 is 5.11 Å². The van der Waals surface area contributed by atoms with Gasteiger partial charge >= 0.3 is 0 Å². The molecule has 0 saturated carbocycles. The lowest BCUT2D eigenvalue weighted by molar-refractivity contribution is 0.179. The van der Waals surface area contributed by atoms with Crippen molar-refractivity contribution in [3.8, 4) is 0 Å². The summed E-state index contributed by atoms with van der Waals surface area (Å²) in [5, 5.41) is 11.2. The van der Waals surface area contributed by atoms with Crippen molar-refractivity contribution in [1.82, 2.24) is 4.98 Å². The van der Waals surface area contributed by atoms with Gasteiger partial charge in [-0.15, -0.1) is 11.3 Å². The first-order chi connectivity index (χ1) is 4.58. The van der Waals surface area contributed by atoms with E-state index in [-0.39, 0.29) is 0 Å². The molecule has 56 valence electrons. The van der Waals surface area contributed by atoms with Crippen LogP contribution in [-0.4, -0.2) is 15.0 Å². The maximum atomic E-state index is 9.32. The van der Waals surface area contributed by atoms with Crippen molar-refractivity contribution in [3.05, 3.63) is 11.6 Å². The zero-order valence-corrected chi connectivity index (χ0v) is 7.50. The average molecular weight is 175 g/mol. The van der Waals surface area contributed by atoms with E-state index in [4.69, 9.17) is 0 Å². The molecule has 1 aromatic heterocycles. The number of thioether (sulfide) groups is 1. The van der Waals surface area contributed by atoms with Crippen molar-refractivity contribution in [1.29, 1.82) is 0 Å². The Kier molecular flexibility index (Phi) is 2.33. The summed E-state index contributed by atoms with van der Waals surface area (Å²) in [5.41, 5.74) is 0. The highest BCUT2D eigenvalue weighted by Crippen LogP contribution is 2.30. The Balaban J connectivity index is 2.57. The largest absolute Gasteiger partial charge is 0.380 e. The van der Waals surface area contributed by atoms with E-state index in [1.807, 2.05) is 5.38 Å². The van der Waals surface area contributed by atoms with Crippen molar-refractivity contribution in [3.63, 3.8) is 0 Å². The highest BCUT2D eigenvalue weighted by molar-refractivity contribution is 8.02. The SMILES string of the molecule is CC(C)(O)Sc1nccs1. The summed E-state index contributed by atoms with van der Waals surface area (Å²) in [5.74, 6) is 0. The van der Waals surface area contributed by atoms with Crippen LogP contribution in [0.1, 0.15) is 13.8 Å². The Labute approximate surface area is 68.3 Å². The molecule has 10 heavy (non-hydrogen) atoms. The molecule has 0 spiro atoms. The van der Waals surface area contributed by atoms with Gasteiger partial charge in [0.2, 0.25) is 0 Å². The third kappa shape index (κ3) is 2.68. The number of hydrogen-bond donors (Lipinski definition) is 1. The van der Waals surface area contributed by atoms with Gasteiger partial charge in [-0.05, 0) is 13.8 Å². The standard InChI is InChI=1S/C6H9NOS2/c1-6(2,8)10-5-7-3-4-9-5/h3-4,8H,1-2H3. The lowest BCUT2D eigenvalue weighted by Crippen LogP contribution is -2.11. The lowest BCUT2D eigenvalue weighted by Gasteiger charge is -2.13. The number of nitrogens with zero attached hydrogens (tertiary/aromatic N) is 1. The molecule has 0 aliphatic rings. The van der Waals surface area contributed by atoms with E-state index in [2.05, 4.69) is 4.98 Å². The van der Waals surface area contributed by atoms with E-state index in [1.54, 1.807) is 31.4 Å². The van der Waals surface area contributed by atoms with Crippen molar-refractivity contribution in [2.75, 3.05) is 0 Å². The second kappa shape index (κ2) is 2.90. The number of aliphatic hydroxyl groups is 1. The van der Waals surface area contributed by atoms with Crippen LogP contribution in [0.2, 0.25) is 0 Å². The summed E-state index contributed by atoms with van der Waals surface area (Å²) in [6.07, 6.45) is 1.73. The van der Waals surface area contributed by atoms with E-state index in [1.165, 1.54) is 11.8 Å². The number of rotatable bonds is 2. The Bertz CT molecular complexity index is 190. The smallest absolute Gasteiger partial charge is 0.152 e. The highest BCUT2D eigenvalue weighted by atomic mass is 32.2. The number of hydrogen-bond acceptors (Lipinski definition) is 4. The molecule has 0 aliphatic heterocycles. The molecule has 1 rings (SSSR count). The molecule has 1 N–H and O–H groups in total. The minimum Gasteiger partial charge on any atom is -0.380 e. The fourth-order valence-corrected chi connectivity index (χ4v) is 2.35. The van der Waals surface area contributed by atoms with E-state index >= 15 is 0 Å². The van der Waals surface area contributed by atoms with Gasteiger partial charge in [0.25, 0.3) is 0 Å². The molecule has 0 bridgehead atoms. The summed E-state index contributed by atoms with van der Waals surface area (Å²) in [6.45, 7) is 3.50. The topological polar surface area (TPSA) is 33.1 Å². The monoisotopic (exact) mass is 175 g/mol. The summed E-state index contributed by atoms with van der Waals surface area (Å²) in [6, 6.07) is 0. The quantitative estimate of drug-likeness (QED) is 0.551. The third-order valence-corrected chi connectivity index (χ3v) is 2.63. The highest BCUT2D eigenvalue weighted by Gasteiger charge is 2.15. The summed E-state index contributed by atoms with van der Waals surface area (Å²) >= 11 is 2.91. The molecule has 0 saturated heterocycles. The van der Waals surface area contributed by atoms with Crippen molar-refractivity contribution in [2.45, 2.75) is 23.1 Å². The van der Waals surface area contributed by atoms with E-state index in [0.29, 0.717) is 0 Å². The van der Waals surface area contributed by atoms with Gasteiger partial charge in [-0.3, -0.25) is 0 Å². The molecule has 0 radical (unpaired) electrons. The minimum atomic E-state index is -0.710. The van der Waals surface area contributed by atoms with Crippen LogP contribution < -0.4 is 0 Å². The Morgan fingerprint density at radius 3 is 2.80 bits per heavy atom. The zero-order valence-electron chi connectivity index (χ0n) is 5.87. The van der Waals surface area contributed by atoms with Gasteiger partial charge in [0.15, 0.2) is 4.34 Å². The maximum Gasteiger partial charge on any atom is 0.152 e. The first kappa shape index (κ1) is 8.04. The second-order valence-corrected chi connectivity index (χ2v) is 5.09. The summed E-state index contributed by atoms with van der Waals surface area (Å²) < 4.78 is 0.910. The molecule has 2 nitrogen and oxygen atoms in total. The fraction of sp³-hybridized carbons (Fsp3) is 0.500. The van der Waals surface area contributed by atoms with Crippen LogP contribution in [0.25, 0.3) is 0 Å². The van der Waals surface area contributed by atoms with Gasteiger partial charge in [-0.2, -0.15) is 0 Å². The van der Waals surface area contributed by atoms with Crippen LogP contribution in [0.5, 0.6) is 0 Å². The molecule has 0 atom stereocenters. The summed E-state index contributed by atoms with van der Waals surface area (Å²) in [7, 11) is 0. The van der Waals surface area contributed by atoms with Crippen LogP contribution in [0, 0.1) is 0 Å². The minimum absolute atomic E-state index is 0.710. The molecule has 0 unspecified atom stereocenters. The van der Waals surface area contributed by atoms with Gasteiger partial charge in [-0.25, -0.2) is 4.98 Å². The van der Waals surface area contributed by atoms with Crippen molar-refractivity contribution in [2.24, 2.45) is 0 Å². The molecule has 1 heterocycles. The Hall–Kier alpha value is -0.0600. The average Bonchev–Trinajstić information content (AvgIpc) is 2.12. The van der Waals surface area contributed by atoms with Crippen LogP contribution in [0.4, 0.5) is 0 Å².